The van der Waals surface area contributed by atoms with Crippen molar-refractivity contribution in [3.05, 3.63) is 35.4 Å². The third-order valence-electron chi connectivity index (χ3n) is 4.16. The number of aliphatic hydroxyl groups excluding tert-OH is 1. The number of oxime groups is 1. The van der Waals surface area contributed by atoms with Gasteiger partial charge in [-0.15, -0.1) is 0 Å². The second-order valence-corrected chi connectivity index (χ2v) is 5.65. The normalized spacial score (nSPS) is 18.4. The van der Waals surface area contributed by atoms with Gasteiger partial charge in [0, 0.05) is 30.7 Å². The van der Waals surface area contributed by atoms with E-state index in [-0.39, 0.29) is 17.9 Å². The Morgan fingerprint density at radius 3 is 2.75 bits per heavy atom. The molecule has 0 saturated heterocycles. The van der Waals surface area contributed by atoms with E-state index in [1.807, 2.05) is 24.3 Å². The number of hydrogen-bond donors (Lipinski definition) is 4. The van der Waals surface area contributed by atoms with Crippen molar-refractivity contribution in [2.24, 2.45) is 16.3 Å². The van der Waals surface area contributed by atoms with Gasteiger partial charge >= 0.3 is 0 Å². The average Bonchev–Trinajstić information content (AvgIpc) is 2.96. The van der Waals surface area contributed by atoms with Crippen molar-refractivity contribution < 1.29 is 10.3 Å². The number of nitrogens with one attached hydrogen (secondary N) is 1. The summed E-state index contributed by atoms with van der Waals surface area (Å²) in [7, 11) is 0. The third-order valence-corrected chi connectivity index (χ3v) is 4.16. The van der Waals surface area contributed by atoms with Gasteiger partial charge in [-0.2, -0.15) is 0 Å². The van der Waals surface area contributed by atoms with Gasteiger partial charge in [0.15, 0.2) is 5.84 Å². The van der Waals surface area contributed by atoms with Crippen molar-refractivity contribution in [2.45, 2.75) is 32.2 Å². The summed E-state index contributed by atoms with van der Waals surface area (Å²) in [6.45, 7) is 1.80. The number of hydrogen-bond acceptors (Lipinski definition) is 4. The minimum Gasteiger partial charge on any atom is -0.409 e. The second-order valence-electron chi connectivity index (χ2n) is 5.65. The molecular formula is C15H23N3O2. The highest BCUT2D eigenvalue weighted by Crippen LogP contribution is 2.36. The first-order valence-electron chi connectivity index (χ1n) is 7.07. The van der Waals surface area contributed by atoms with Crippen molar-refractivity contribution in [3.8, 4) is 0 Å². The summed E-state index contributed by atoms with van der Waals surface area (Å²) < 4.78 is 0. The zero-order valence-electron chi connectivity index (χ0n) is 11.7. The molecule has 0 atom stereocenters. The lowest BCUT2D eigenvalue weighted by Gasteiger charge is -2.26. The fraction of sp³-hybridized carbons (Fsp3) is 0.533. The Kier molecular flexibility index (Phi) is 4.98. The zero-order chi connectivity index (χ0) is 14.4. The van der Waals surface area contributed by atoms with Gasteiger partial charge < -0.3 is 21.4 Å². The molecule has 5 nitrogen and oxygen atoms in total. The molecule has 5 heteroatoms. The molecule has 0 bridgehead atoms. The zero-order valence-corrected chi connectivity index (χ0v) is 11.7. The lowest BCUT2D eigenvalue weighted by molar-refractivity contribution is 0.128. The van der Waals surface area contributed by atoms with Crippen LogP contribution in [-0.2, 0) is 6.54 Å². The Balaban J connectivity index is 1.91. The van der Waals surface area contributed by atoms with Crippen LogP contribution in [-0.4, -0.2) is 29.3 Å². The molecule has 0 unspecified atom stereocenters. The van der Waals surface area contributed by atoms with Gasteiger partial charge in [0.05, 0.1) is 0 Å². The number of benzene rings is 1. The van der Waals surface area contributed by atoms with Gasteiger partial charge in [0.1, 0.15) is 0 Å². The maximum absolute atomic E-state index is 9.56. The Labute approximate surface area is 119 Å². The van der Waals surface area contributed by atoms with Crippen molar-refractivity contribution in [2.75, 3.05) is 13.2 Å². The number of aliphatic hydroxyl groups is 1. The van der Waals surface area contributed by atoms with E-state index in [0.29, 0.717) is 12.1 Å². The van der Waals surface area contributed by atoms with Gasteiger partial charge in [-0.1, -0.05) is 36.2 Å². The van der Waals surface area contributed by atoms with Crippen LogP contribution in [0.15, 0.2) is 29.4 Å². The molecule has 1 saturated carbocycles. The smallest absolute Gasteiger partial charge is 0.170 e. The van der Waals surface area contributed by atoms with Gasteiger partial charge in [-0.25, -0.2) is 0 Å². The van der Waals surface area contributed by atoms with Crippen molar-refractivity contribution in [1.82, 2.24) is 5.32 Å². The van der Waals surface area contributed by atoms with E-state index in [0.717, 1.165) is 24.9 Å². The summed E-state index contributed by atoms with van der Waals surface area (Å²) in [6.07, 6.45) is 4.61. The minimum absolute atomic E-state index is 0.0587. The lowest BCUT2D eigenvalue weighted by atomic mass is 9.87. The predicted octanol–water partition coefficient (Wildman–Crippen LogP) is 1.42. The number of nitrogens with two attached hydrogens (primary N) is 1. The van der Waals surface area contributed by atoms with Crippen LogP contribution in [0.2, 0.25) is 0 Å². The van der Waals surface area contributed by atoms with E-state index in [4.69, 9.17) is 10.9 Å². The van der Waals surface area contributed by atoms with Crippen LogP contribution < -0.4 is 11.1 Å². The summed E-state index contributed by atoms with van der Waals surface area (Å²) in [5.74, 6) is 0.120. The van der Waals surface area contributed by atoms with Crippen molar-refractivity contribution in [3.63, 3.8) is 0 Å². The van der Waals surface area contributed by atoms with E-state index in [1.165, 1.54) is 12.8 Å². The van der Waals surface area contributed by atoms with Crippen molar-refractivity contribution in [1.29, 1.82) is 0 Å². The monoisotopic (exact) mass is 277 g/mol. The Morgan fingerprint density at radius 2 is 2.10 bits per heavy atom. The fourth-order valence-electron chi connectivity index (χ4n) is 2.89. The van der Waals surface area contributed by atoms with E-state index in [1.54, 1.807) is 0 Å². The van der Waals surface area contributed by atoms with Gasteiger partial charge in [-0.05, 0) is 24.5 Å². The Bertz CT molecular complexity index is 468. The number of rotatable bonds is 6. The quantitative estimate of drug-likeness (QED) is 0.274. The SMILES string of the molecule is N/C(=N/O)c1cccc(CNCC2(CO)CCCC2)c1. The third kappa shape index (κ3) is 3.49. The molecule has 0 aliphatic heterocycles. The molecule has 0 amide bonds. The molecular weight excluding hydrogens is 254 g/mol. The summed E-state index contributed by atoms with van der Waals surface area (Å²) >= 11 is 0. The first-order chi connectivity index (χ1) is 9.69. The number of amidine groups is 1. The molecule has 0 aromatic heterocycles. The first kappa shape index (κ1) is 14.8. The highest BCUT2D eigenvalue weighted by molar-refractivity contribution is 5.97. The lowest BCUT2D eigenvalue weighted by Crippen LogP contribution is -2.34. The van der Waals surface area contributed by atoms with Gasteiger partial charge in [0.25, 0.3) is 0 Å². The molecule has 1 aromatic rings. The molecule has 2 rings (SSSR count). The van der Waals surface area contributed by atoms with Crippen molar-refractivity contribution >= 4 is 5.84 Å². The molecule has 110 valence electrons. The first-order valence-corrected chi connectivity index (χ1v) is 7.07. The molecule has 0 spiro atoms. The minimum atomic E-state index is 0.0587. The summed E-state index contributed by atoms with van der Waals surface area (Å²) in [6, 6.07) is 7.61. The van der Waals surface area contributed by atoms with Crippen LogP contribution in [0.25, 0.3) is 0 Å². The topological polar surface area (TPSA) is 90.9 Å². The molecule has 0 radical (unpaired) electrons. The Hall–Kier alpha value is -1.59. The number of nitrogens with zero attached hydrogens (tertiary/aromatic N) is 1. The largest absolute Gasteiger partial charge is 0.409 e. The highest BCUT2D eigenvalue weighted by Gasteiger charge is 2.32. The maximum Gasteiger partial charge on any atom is 0.170 e. The molecule has 20 heavy (non-hydrogen) atoms. The van der Waals surface area contributed by atoms with E-state index in [2.05, 4.69) is 10.5 Å². The van der Waals surface area contributed by atoms with Crippen LogP contribution in [0.3, 0.4) is 0 Å². The maximum atomic E-state index is 9.56. The average molecular weight is 277 g/mol. The summed E-state index contributed by atoms with van der Waals surface area (Å²) in [5.41, 5.74) is 7.44. The van der Waals surface area contributed by atoms with E-state index < -0.39 is 0 Å². The van der Waals surface area contributed by atoms with Crippen LogP contribution in [0.5, 0.6) is 0 Å². The molecule has 0 heterocycles. The van der Waals surface area contributed by atoms with Crippen LogP contribution in [0, 0.1) is 5.41 Å². The fourth-order valence-corrected chi connectivity index (χ4v) is 2.89. The molecule has 1 aliphatic rings. The van der Waals surface area contributed by atoms with Crippen LogP contribution in [0.4, 0.5) is 0 Å². The molecule has 5 N–H and O–H groups in total. The standard InChI is InChI=1S/C15H23N3O2/c16-14(18-20)13-5-3-4-12(8-13)9-17-10-15(11-19)6-1-2-7-15/h3-5,8,17,19-20H,1-2,6-7,9-11H2,(H2,16,18). The van der Waals surface area contributed by atoms with Crippen LogP contribution >= 0.6 is 0 Å². The van der Waals surface area contributed by atoms with Crippen LogP contribution in [0.1, 0.15) is 36.8 Å². The second kappa shape index (κ2) is 6.72. The van der Waals surface area contributed by atoms with E-state index >= 15 is 0 Å². The van der Waals surface area contributed by atoms with Gasteiger partial charge in [-0.3, -0.25) is 0 Å². The predicted molar refractivity (Wildman–Crippen MR) is 78.6 cm³/mol. The van der Waals surface area contributed by atoms with Gasteiger partial charge in [0.2, 0.25) is 0 Å². The summed E-state index contributed by atoms with van der Waals surface area (Å²) in [5, 5.41) is 24.7. The van der Waals surface area contributed by atoms with E-state index in [9.17, 15) is 5.11 Å². The molecule has 1 aromatic carbocycles. The molecule has 1 aliphatic carbocycles. The molecule has 1 fully saturated rings. The summed E-state index contributed by atoms with van der Waals surface area (Å²) in [4.78, 5) is 0. The highest BCUT2D eigenvalue weighted by atomic mass is 16.4. The Morgan fingerprint density at radius 1 is 1.35 bits per heavy atom.